The highest BCUT2D eigenvalue weighted by molar-refractivity contribution is 7.26. The molecule has 1 aliphatic carbocycles. The number of fused-ring (bicyclic) bond motifs is 1. The van der Waals surface area contributed by atoms with Crippen molar-refractivity contribution in [2.45, 2.75) is 39.2 Å². The van der Waals surface area contributed by atoms with Gasteiger partial charge in [-0.2, -0.15) is 0 Å². The normalized spacial score (nSPS) is 21.8. The summed E-state index contributed by atoms with van der Waals surface area (Å²) in [5, 5.41) is 3.91. The van der Waals surface area contributed by atoms with Gasteiger partial charge in [0.15, 0.2) is 6.61 Å². The number of carbonyl (C=O) groups excluding carboxylic acids is 2. The minimum Gasteiger partial charge on any atom is -0.451 e. The zero-order valence-corrected chi connectivity index (χ0v) is 18.1. The standard InChI is InChI=1S/C22H24N2O3S2/c1-13-6-5-8-15(14(13)2)23-20(25)12-27-22(26)19-11-10-18(28-19)21-24-16-7-3-4-9-17(16)29-21/h3-4,7,9-11,13-15H,5-6,8,12H2,1-2H3,(H,23,25)/t13-,14-,15-/m1/s1. The molecule has 0 aliphatic heterocycles. The van der Waals surface area contributed by atoms with Crippen LogP contribution in [0.3, 0.4) is 0 Å². The smallest absolute Gasteiger partial charge is 0.348 e. The van der Waals surface area contributed by atoms with Gasteiger partial charge in [0, 0.05) is 6.04 Å². The van der Waals surface area contributed by atoms with Crippen LogP contribution in [-0.2, 0) is 9.53 Å². The molecule has 0 bridgehead atoms. The summed E-state index contributed by atoms with van der Waals surface area (Å²) in [5.74, 6) is 0.343. The summed E-state index contributed by atoms with van der Waals surface area (Å²) in [6, 6.07) is 11.7. The Balaban J connectivity index is 1.34. The molecule has 2 heterocycles. The summed E-state index contributed by atoms with van der Waals surface area (Å²) in [6.07, 6.45) is 3.32. The highest BCUT2D eigenvalue weighted by Crippen LogP contribution is 2.34. The van der Waals surface area contributed by atoms with Gasteiger partial charge >= 0.3 is 5.97 Å². The van der Waals surface area contributed by atoms with Crippen molar-refractivity contribution >= 4 is 44.8 Å². The Labute approximate surface area is 178 Å². The Morgan fingerprint density at radius 3 is 2.79 bits per heavy atom. The molecule has 5 nitrogen and oxygen atoms in total. The van der Waals surface area contributed by atoms with Crippen molar-refractivity contribution in [1.29, 1.82) is 0 Å². The lowest BCUT2D eigenvalue weighted by atomic mass is 9.78. The lowest BCUT2D eigenvalue weighted by Gasteiger charge is -2.34. The van der Waals surface area contributed by atoms with Crippen LogP contribution in [0.1, 0.15) is 42.8 Å². The summed E-state index contributed by atoms with van der Waals surface area (Å²) in [5.41, 5.74) is 0.952. The monoisotopic (exact) mass is 428 g/mol. The van der Waals surface area contributed by atoms with Crippen LogP contribution in [-0.4, -0.2) is 29.5 Å². The fourth-order valence-corrected chi connectivity index (χ4v) is 5.70. The Kier molecular flexibility index (Phi) is 5.96. The van der Waals surface area contributed by atoms with Crippen LogP contribution in [0.5, 0.6) is 0 Å². The molecular formula is C22H24N2O3S2. The van der Waals surface area contributed by atoms with Crippen LogP contribution in [0.2, 0.25) is 0 Å². The molecule has 0 radical (unpaired) electrons. The lowest BCUT2D eigenvalue weighted by molar-refractivity contribution is -0.125. The van der Waals surface area contributed by atoms with Gasteiger partial charge in [0.2, 0.25) is 0 Å². The van der Waals surface area contributed by atoms with Crippen molar-refractivity contribution in [2.75, 3.05) is 6.61 Å². The fourth-order valence-electron chi connectivity index (χ4n) is 3.78. The molecule has 2 aromatic heterocycles. The minimum atomic E-state index is -0.470. The van der Waals surface area contributed by atoms with Gasteiger partial charge in [-0.05, 0) is 42.5 Å². The molecule has 0 unspecified atom stereocenters. The lowest BCUT2D eigenvalue weighted by Crippen LogP contribution is -2.45. The zero-order chi connectivity index (χ0) is 20.4. The van der Waals surface area contributed by atoms with Crippen molar-refractivity contribution in [1.82, 2.24) is 10.3 Å². The number of esters is 1. The number of carbonyl (C=O) groups is 2. The van der Waals surface area contributed by atoms with E-state index in [-0.39, 0.29) is 18.6 Å². The van der Waals surface area contributed by atoms with E-state index in [0.29, 0.717) is 16.7 Å². The molecule has 3 atom stereocenters. The maximum absolute atomic E-state index is 12.4. The van der Waals surface area contributed by atoms with E-state index in [1.807, 2.05) is 30.3 Å². The van der Waals surface area contributed by atoms with Crippen molar-refractivity contribution in [3.05, 3.63) is 41.3 Å². The van der Waals surface area contributed by atoms with Crippen LogP contribution in [0.25, 0.3) is 20.1 Å². The Morgan fingerprint density at radius 1 is 1.14 bits per heavy atom. The number of nitrogens with one attached hydrogen (secondary N) is 1. The molecule has 0 spiro atoms. The molecule has 0 saturated heterocycles. The maximum Gasteiger partial charge on any atom is 0.348 e. The summed E-state index contributed by atoms with van der Waals surface area (Å²) in [4.78, 5) is 30.6. The minimum absolute atomic E-state index is 0.164. The van der Waals surface area contributed by atoms with E-state index in [1.165, 1.54) is 17.8 Å². The Morgan fingerprint density at radius 2 is 1.97 bits per heavy atom. The zero-order valence-electron chi connectivity index (χ0n) is 16.5. The summed E-state index contributed by atoms with van der Waals surface area (Å²) < 4.78 is 6.36. The molecule has 1 amide bonds. The summed E-state index contributed by atoms with van der Waals surface area (Å²) >= 11 is 2.94. The van der Waals surface area contributed by atoms with Crippen LogP contribution in [0.15, 0.2) is 36.4 Å². The average molecular weight is 429 g/mol. The van der Waals surface area contributed by atoms with Crippen molar-refractivity contribution in [3.63, 3.8) is 0 Å². The fraction of sp³-hybridized carbons (Fsp3) is 0.409. The van der Waals surface area contributed by atoms with Gasteiger partial charge in [-0.1, -0.05) is 38.8 Å². The third-order valence-corrected chi connectivity index (χ3v) is 7.97. The largest absolute Gasteiger partial charge is 0.451 e. The number of benzene rings is 1. The molecule has 1 aliphatic rings. The summed E-state index contributed by atoms with van der Waals surface area (Å²) in [6.45, 7) is 4.16. The SMILES string of the molecule is C[C@@H]1[C@H](C)CCC[C@H]1NC(=O)COC(=O)c1ccc(-c2nc3ccccc3s2)s1. The van der Waals surface area contributed by atoms with E-state index in [9.17, 15) is 9.59 Å². The number of hydrogen-bond donors (Lipinski definition) is 1. The molecule has 1 saturated carbocycles. The van der Waals surface area contributed by atoms with Crippen molar-refractivity contribution in [3.8, 4) is 9.88 Å². The van der Waals surface area contributed by atoms with Gasteiger partial charge in [-0.15, -0.1) is 22.7 Å². The van der Waals surface area contributed by atoms with E-state index < -0.39 is 5.97 Å². The first-order valence-electron chi connectivity index (χ1n) is 9.93. The van der Waals surface area contributed by atoms with Gasteiger partial charge < -0.3 is 10.1 Å². The van der Waals surface area contributed by atoms with Gasteiger partial charge in [0.1, 0.15) is 9.88 Å². The van der Waals surface area contributed by atoms with Crippen LogP contribution in [0.4, 0.5) is 0 Å². The van der Waals surface area contributed by atoms with Crippen LogP contribution in [0, 0.1) is 11.8 Å². The van der Waals surface area contributed by atoms with Crippen LogP contribution < -0.4 is 5.32 Å². The highest BCUT2D eigenvalue weighted by atomic mass is 32.1. The Bertz CT molecular complexity index is 993. The topological polar surface area (TPSA) is 68.3 Å². The second-order valence-electron chi connectivity index (χ2n) is 7.67. The van der Waals surface area contributed by atoms with Gasteiger partial charge in [-0.3, -0.25) is 4.79 Å². The summed E-state index contributed by atoms with van der Waals surface area (Å²) in [7, 11) is 0. The number of hydrogen-bond acceptors (Lipinski definition) is 6. The number of thiazole rings is 1. The first-order valence-corrected chi connectivity index (χ1v) is 11.6. The highest BCUT2D eigenvalue weighted by Gasteiger charge is 2.28. The second kappa shape index (κ2) is 8.63. The first-order chi connectivity index (χ1) is 14.0. The Hall–Kier alpha value is -2.25. The van der Waals surface area contributed by atoms with E-state index >= 15 is 0 Å². The molecule has 152 valence electrons. The van der Waals surface area contributed by atoms with Crippen molar-refractivity contribution in [2.24, 2.45) is 11.8 Å². The number of amides is 1. The molecule has 29 heavy (non-hydrogen) atoms. The molecule has 1 N–H and O–H groups in total. The van der Waals surface area contributed by atoms with Gasteiger partial charge in [0.05, 0.1) is 15.1 Å². The van der Waals surface area contributed by atoms with Gasteiger partial charge in [0.25, 0.3) is 5.91 Å². The molecule has 3 aromatic rings. The van der Waals surface area contributed by atoms with Crippen LogP contribution >= 0.6 is 22.7 Å². The predicted octanol–water partition coefficient (Wildman–Crippen LogP) is 5.12. The van der Waals surface area contributed by atoms with E-state index in [0.717, 1.165) is 32.9 Å². The maximum atomic E-state index is 12.4. The second-order valence-corrected chi connectivity index (χ2v) is 9.78. The number of ether oxygens (including phenoxy) is 1. The molecular weight excluding hydrogens is 404 g/mol. The third-order valence-electron chi connectivity index (χ3n) is 5.70. The number of nitrogens with zero attached hydrogens (tertiary/aromatic N) is 1. The molecule has 1 aromatic carbocycles. The predicted molar refractivity (Wildman–Crippen MR) is 117 cm³/mol. The van der Waals surface area contributed by atoms with E-state index in [4.69, 9.17) is 4.74 Å². The first kappa shape index (κ1) is 20.0. The number of rotatable bonds is 5. The van der Waals surface area contributed by atoms with Crippen molar-refractivity contribution < 1.29 is 14.3 Å². The number of aromatic nitrogens is 1. The molecule has 4 rings (SSSR count). The van der Waals surface area contributed by atoms with Gasteiger partial charge in [-0.25, -0.2) is 9.78 Å². The van der Waals surface area contributed by atoms with E-state index in [1.54, 1.807) is 17.4 Å². The van der Waals surface area contributed by atoms with E-state index in [2.05, 4.69) is 24.1 Å². The average Bonchev–Trinajstić information content (AvgIpc) is 3.36. The quantitative estimate of drug-likeness (QED) is 0.573. The number of para-hydroxylation sites is 1. The number of thiophene rings is 1. The molecule has 7 heteroatoms. The third kappa shape index (κ3) is 4.51. The molecule has 1 fully saturated rings.